The Kier molecular flexibility index (Phi) is 11.5. The summed E-state index contributed by atoms with van der Waals surface area (Å²) in [5.74, 6) is 4.27. The van der Waals surface area contributed by atoms with Gasteiger partial charge in [0.25, 0.3) is 10.1 Å². The molecule has 4 N–H and O–H groups in total. The summed E-state index contributed by atoms with van der Waals surface area (Å²) in [7, 11) is -4.80. The van der Waals surface area contributed by atoms with Gasteiger partial charge in [-0.1, -0.05) is 55.7 Å². The molecule has 1 aromatic rings. The van der Waals surface area contributed by atoms with E-state index in [0.717, 1.165) is 24.0 Å². The molecular weight excluding hydrogens is 494 g/mol. The molecule has 0 spiro atoms. The van der Waals surface area contributed by atoms with E-state index in [1.807, 2.05) is 24.3 Å². The molecule has 1 aromatic carbocycles. The maximum atomic E-state index is 13.2. The van der Waals surface area contributed by atoms with Crippen LogP contribution in [0.25, 0.3) is 0 Å². The summed E-state index contributed by atoms with van der Waals surface area (Å²) in [5, 5.41) is 0.511. The number of hydrogen-bond acceptors (Lipinski definition) is 6. The fraction of sp³-hybridized carbons (Fsp3) is 0.370. The Bertz CT molecular complexity index is 1240. The molecule has 0 saturated heterocycles. The fourth-order valence-electron chi connectivity index (χ4n) is 3.79. The monoisotopic (exact) mass is 527 g/mol. The molecule has 1 aliphatic rings. The maximum absolute atomic E-state index is 13.2. The smallest absolute Gasteiger partial charge is 0.276 e. The predicted molar refractivity (Wildman–Crippen MR) is 141 cm³/mol. The zero-order valence-corrected chi connectivity index (χ0v) is 21.6. The van der Waals surface area contributed by atoms with Crippen molar-refractivity contribution in [2.45, 2.75) is 50.3 Å². The average molecular weight is 528 g/mol. The van der Waals surface area contributed by atoms with Gasteiger partial charge in [-0.25, -0.2) is 0 Å². The van der Waals surface area contributed by atoms with E-state index in [1.165, 1.54) is 17.1 Å². The summed E-state index contributed by atoms with van der Waals surface area (Å²) in [6, 6.07) is 7.32. The van der Waals surface area contributed by atoms with Gasteiger partial charge in [-0.05, 0) is 37.1 Å². The molecule has 0 aromatic heterocycles. The van der Waals surface area contributed by atoms with E-state index >= 15 is 0 Å². The molecule has 0 fully saturated rings. The zero-order valence-electron chi connectivity index (χ0n) is 20.7. The third-order valence-corrected chi connectivity index (χ3v) is 6.99. The van der Waals surface area contributed by atoms with E-state index in [2.05, 4.69) is 30.3 Å². The molecule has 0 radical (unpaired) electrons. The predicted octanol–water partition coefficient (Wildman–Crippen LogP) is 2.25. The second-order valence-electron chi connectivity index (χ2n) is 8.47. The summed E-state index contributed by atoms with van der Waals surface area (Å²) in [5.41, 5.74) is 7.84. The standard InChI is InChI=1S/C27H33N3O6S/c1-3-20-13-14-21-10-7-8-11-22(21)19-30(23(20)4-2)27(33)16-15-24(31)25(37(34,35)36)18-29-26(32)12-6-5-9-17-28/h3-4,7-8,10-11,25H,1-2,5-6,9,12,15-19,28H2,(H,29,32)(H,34,35,36)/b23-20-. The average Bonchev–Trinajstić information content (AvgIpc) is 2.85. The van der Waals surface area contributed by atoms with Crippen LogP contribution in [0, 0.1) is 11.8 Å². The Labute approximate surface area is 218 Å². The molecule has 0 saturated carbocycles. The van der Waals surface area contributed by atoms with Gasteiger partial charge in [0.05, 0.1) is 12.2 Å². The number of Topliss-reactive ketones (excluding diaryl/α,β-unsaturated/α-hetero) is 1. The third kappa shape index (κ3) is 8.82. The van der Waals surface area contributed by atoms with Crippen molar-refractivity contribution >= 4 is 27.7 Å². The van der Waals surface area contributed by atoms with Crippen molar-refractivity contribution in [1.82, 2.24) is 10.2 Å². The van der Waals surface area contributed by atoms with Crippen LogP contribution in [0.15, 0.2) is 60.8 Å². The Hall–Kier alpha value is -3.52. The van der Waals surface area contributed by atoms with Gasteiger partial charge in [0, 0.05) is 36.9 Å². The lowest BCUT2D eigenvalue weighted by atomic mass is 10.0. The molecule has 37 heavy (non-hydrogen) atoms. The minimum atomic E-state index is -4.80. The highest BCUT2D eigenvalue weighted by Crippen LogP contribution is 2.23. The lowest BCUT2D eigenvalue weighted by molar-refractivity contribution is -0.132. The number of fused-ring (bicyclic) bond motifs is 1. The number of carbonyl (C=O) groups is 3. The van der Waals surface area contributed by atoms with Crippen LogP contribution < -0.4 is 11.1 Å². The number of nitrogens with zero attached hydrogens (tertiary/aromatic N) is 1. The highest BCUT2D eigenvalue weighted by molar-refractivity contribution is 7.87. The SMILES string of the molecule is C=C/C1=C(\C=C)N(C(=O)CCC(=O)C(CNC(=O)CCCCCN)S(=O)(=O)O)Cc2ccccc2C#C1. The van der Waals surface area contributed by atoms with Crippen LogP contribution in [0.2, 0.25) is 0 Å². The van der Waals surface area contributed by atoms with Gasteiger partial charge >= 0.3 is 0 Å². The van der Waals surface area contributed by atoms with Crippen LogP contribution in [-0.2, 0) is 31.0 Å². The number of hydrogen-bond donors (Lipinski definition) is 3. The van der Waals surface area contributed by atoms with Crippen molar-refractivity contribution in [3.05, 3.63) is 72.0 Å². The van der Waals surface area contributed by atoms with Gasteiger partial charge in [0.2, 0.25) is 11.8 Å². The Morgan fingerprint density at radius 2 is 1.81 bits per heavy atom. The van der Waals surface area contributed by atoms with Gasteiger partial charge in [-0.15, -0.1) is 0 Å². The summed E-state index contributed by atoms with van der Waals surface area (Å²) in [6.07, 6.45) is 4.43. The molecule has 0 aliphatic carbocycles. The number of benzene rings is 1. The number of ketones is 1. The van der Waals surface area contributed by atoms with Crippen molar-refractivity contribution in [3.8, 4) is 11.8 Å². The zero-order chi connectivity index (χ0) is 27.4. The number of rotatable bonds is 14. The molecule has 9 nitrogen and oxygen atoms in total. The van der Waals surface area contributed by atoms with Crippen LogP contribution in [0.1, 0.15) is 49.7 Å². The van der Waals surface area contributed by atoms with E-state index in [4.69, 9.17) is 5.73 Å². The maximum Gasteiger partial charge on any atom is 0.276 e. The van der Waals surface area contributed by atoms with Crippen molar-refractivity contribution < 1.29 is 27.4 Å². The lowest BCUT2D eigenvalue weighted by Gasteiger charge is -2.26. The highest BCUT2D eigenvalue weighted by Gasteiger charge is 2.32. The molecule has 1 aliphatic heterocycles. The van der Waals surface area contributed by atoms with Crippen LogP contribution >= 0.6 is 0 Å². The normalized spacial score (nSPS) is 15.8. The second-order valence-corrected chi connectivity index (χ2v) is 10.1. The molecule has 2 amide bonds. The minimum absolute atomic E-state index is 0.145. The molecular formula is C27H33N3O6S. The molecule has 1 unspecified atom stereocenters. The van der Waals surface area contributed by atoms with E-state index < -0.39 is 45.9 Å². The fourth-order valence-corrected chi connectivity index (χ4v) is 4.53. The number of allylic oxidation sites excluding steroid dienone is 3. The first-order valence-electron chi connectivity index (χ1n) is 12.0. The summed E-state index contributed by atoms with van der Waals surface area (Å²) >= 11 is 0. The molecule has 198 valence electrons. The number of amides is 2. The highest BCUT2D eigenvalue weighted by atomic mass is 32.2. The molecule has 1 heterocycles. The van der Waals surface area contributed by atoms with Crippen LogP contribution in [0.3, 0.4) is 0 Å². The van der Waals surface area contributed by atoms with Gasteiger partial charge in [0.15, 0.2) is 11.0 Å². The van der Waals surface area contributed by atoms with Crippen LogP contribution in [0.5, 0.6) is 0 Å². The summed E-state index contributed by atoms with van der Waals surface area (Å²) < 4.78 is 33.3. The summed E-state index contributed by atoms with van der Waals surface area (Å²) in [6.45, 7) is 7.63. The van der Waals surface area contributed by atoms with E-state index in [-0.39, 0.29) is 19.4 Å². The first-order valence-corrected chi connectivity index (χ1v) is 13.5. The van der Waals surface area contributed by atoms with Crippen molar-refractivity contribution in [2.75, 3.05) is 13.1 Å². The molecule has 10 heteroatoms. The van der Waals surface area contributed by atoms with Crippen molar-refractivity contribution in [2.24, 2.45) is 5.73 Å². The number of unbranched alkanes of at least 4 members (excludes halogenated alkanes) is 2. The van der Waals surface area contributed by atoms with Crippen molar-refractivity contribution in [3.63, 3.8) is 0 Å². The molecule has 1 atom stereocenters. The number of nitrogens with two attached hydrogens (primary N) is 1. The molecule has 0 bridgehead atoms. The Morgan fingerprint density at radius 1 is 1.08 bits per heavy atom. The van der Waals surface area contributed by atoms with Crippen molar-refractivity contribution in [1.29, 1.82) is 0 Å². The van der Waals surface area contributed by atoms with Gasteiger partial charge in [-0.2, -0.15) is 8.42 Å². The number of nitrogens with one attached hydrogen (secondary N) is 1. The third-order valence-electron chi connectivity index (χ3n) is 5.84. The van der Waals surface area contributed by atoms with E-state index in [9.17, 15) is 27.4 Å². The van der Waals surface area contributed by atoms with Gasteiger partial charge < -0.3 is 16.0 Å². The summed E-state index contributed by atoms with van der Waals surface area (Å²) in [4.78, 5) is 39.4. The lowest BCUT2D eigenvalue weighted by Crippen LogP contribution is -2.42. The quantitative estimate of drug-likeness (QED) is 0.191. The largest absolute Gasteiger partial charge is 0.354 e. The Balaban J connectivity index is 2.13. The van der Waals surface area contributed by atoms with E-state index in [0.29, 0.717) is 24.2 Å². The van der Waals surface area contributed by atoms with Gasteiger partial charge in [-0.3, -0.25) is 18.9 Å². The van der Waals surface area contributed by atoms with Crippen LogP contribution in [-0.4, -0.2) is 53.8 Å². The minimum Gasteiger partial charge on any atom is -0.354 e. The van der Waals surface area contributed by atoms with E-state index in [1.54, 1.807) is 0 Å². The van der Waals surface area contributed by atoms with Crippen LogP contribution in [0.4, 0.5) is 0 Å². The molecule has 2 rings (SSSR count). The first-order chi connectivity index (χ1) is 17.6. The van der Waals surface area contributed by atoms with Gasteiger partial charge in [0.1, 0.15) is 0 Å². The first kappa shape index (κ1) is 29.7. The second kappa shape index (κ2) is 14.3. The number of carbonyl (C=O) groups excluding carboxylic acids is 3. The Morgan fingerprint density at radius 3 is 2.46 bits per heavy atom. The topological polar surface area (TPSA) is 147 Å².